The molecule has 0 bridgehead atoms. The molecule has 0 spiro atoms. The van der Waals surface area contributed by atoms with Crippen LogP contribution in [-0.2, 0) is 4.74 Å². The number of halogens is 1. The molecule has 1 rings (SSSR count). The van der Waals surface area contributed by atoms with Gasteiger partial charge in [0.25, 0.3) is 0 Å². The lowest BCUT2D eigenvalue weighted by Crippen LogP contribution is -2.30. The molecule has 88 valence electrons. The first-order valence-electron chi connectivity index (χ1n) is 5.19. The number of ether oxygens (including phenoxy) is 1. The summed E-state index contributed by atoms with van der Waals surface area (Å²) in [6.45, 7) is 0.622. The smallest absolute Gasteiger partial charge is 0.179 e. The first kappa shape index (κ1) is 13.2. The van der Waals surface area contributed by atoms with Gasteiger partial charge < -0.3 is 10.5 Å². The fourth-order valence-corrected chi connectivity index (χ4v) is 1.62. The van der Waals surface area contributed by atoms with Crippen LogP contribution in [0.4, 0.5) is 0 Å². The molecular weight excluding hydrogens is 226 g/mol. The predicted octanol–water partition coefficient (Wildman–Crippen LogP) is 2.28. The summed E-state index contributed by atoms with van der Waals surface area (Å²) in [6.07, 6.45) is 1.41. The third-order valence-corrected chi connectivity index (χ3v) is 2.54. The SMILES string of the molecule is COCCCC(N)C(=O)c1cccc(Cl)c1. The van der Waals surface area contributed by atoms with Gasteiger partial charge in [0.15, 0.2) is 5.78 Å². The molecule has 1 unspecified atom stereocenters. The zero-order valence-electron chi connectivity index (χ0n) is 9.28. The summed E-state index contributed by atoms with van der Waals surface area (Å²) in [5.74, 6) is -0.0707. The van der Waals surface area contributed by atoms with Crippen molar-refractivity contribution in [2.45, 2.75) is 18.9 Å². The number of benzene rings is 1. The van der Waals surface area contributed by atoms with Gasteiger partial charge in [-0.3, -0.25) is 4.79 Å². The summed E-state index contributed by atoms with van der Waals surface area (Å²) in [7, 11) is 1.63. The molecule has 2 N–H and O–H groups in total. The first-order valence-corrected chi connectivity index (χ1v) is 5.57. The molecular formula is C12H16ClNO2. The number of rotatable bonds is 6. The Labute approximate surface area is 101 Å². The number of Topliss-reactive ketones (excluding diaryl/α,β-unsaturated/α-hetero) is 1. The van der Waals surface area contributed by atoms with Gasteiger partial charge in [-0.05, 0) is 25.0 Å². The van der Waals surface area contributed by atoms with Crippen molar-refractivity contribution in [1.29, 1.82) is 0 Å². The van der Waals surface area contributed by atoms with Gasteiger partial charge in [-0.2, -0.15) is 0 Å². The second-order valence-corrected chi connectivity index (χ2v) is 4.05. The maximum Gasteiger partial charge on any atom is 0.179 e. The van der Waals surface area contributed by atoms with Crippen molar-refractivity contribution in [3.63, 3.8) is 0 Å². The van der Waals surface area contributed by atoms with Gasteiger partial charge >= 0.3 is 0 Å². The molecule has 3 nitrogen and oxygen atoms in total. The minimum atomic E-state index is -0.478. The van der Waals surface area contributed by atoms with E-state index in [-0.39, 0.29) is 5.78 Å². The van der Waals surface area contributed by atoms with Crippen LogP contribution in [0.25, 0.3) is 0 Å². The van der Waals surface area contributed by atoms with Crippen LogP contribution in [-0.4, -0.2) is 25.5 Å². The Hall–Kier alpha value is -0.900. The van der Waals surface area contributed by atoms with Crippen molar-refractivity contribution >= 4 is 17.4 Å². The van der Waals surface area contributed by atoms with Crippen LogP contribution in [0.5, 0.6) is 0 Å². The highest BCUT2D eigenvalue weighted by Gasteiger charge is 2.15. The van der Waals surface area contributed by atoms with E-state index in [1.54, 1.807) is 31.4 Å². The van der Waals surface area contributed by atoms with Gasteiger partial charge in [0, 0.05) is 24.3 Å². The largest absolute Gasteiger partial charge is 0.385 e. The lowest BCUT2D eigenvalue weighted by atomic mass is 10.0. The molecule has 0 aliphatic carbocycles. The molecule has 0 aliphatic rings. The molecule has 0 amide bonds. The fourth-order valence-electron chi connectivity index (χ4n) is 1.43. The Morgan fingerprint density at radius 3 is 2.94 bits per heavy atom. The maximum atomic E-state index is 11.9. The molecule has 0 fully saturated rings. The highest BCUT2D eigenvalue weighted by Crippen LogP contribution is 2.13. The van der Waals surface area contributed by atoms with Crippen LogP contribution in [0.3, 0.4) is 0 Å². The zero-order valence-corrected chi connectivity index (χ0v) is 10.0. The Kier molecular flexibility index (Phi) is 5.46. The lowest BCUT2D eigenvalue weighted by Gasteiger charge is -2.10. The summed E-state index contributed by atoms with van der Waals surface area (Å²) in [6, 6.07) is 6.37. The van der Waals surface area contributed by atoms with Gasteiger partial charge in [-0.15, -0.1) is 0 Å². The van der Waals surface area contributed by atoms with E-state index in [1.807, 2.05) is 0 Å². The van der Waals surface area contributed by atoms with E-state index in [2.05, 4.69) is 0 Å². The quantitative estimate of drug-likeness (QED) is 0.614. The minimum Gasteiger partial charge on any atom is -0.385 e. The first-order chi connectivity index (χ1) is 7.65. The zero-order chi connectivity index (χ0) is 12.0. The summed E-state index contributed by atoms with van der Waals surface area (Å²) < 4.78 is 4.91. The number of ketones is 1. The second kappa shape index (κ2) is 6.63. The maximum absolute atomic E-state index is 11.9. The molecule has 0 aromatic heterocycles. The standard InChI is InChI=1S/C12H16ClNO2/c1-16-7-3-6-11(14)12(15)9-4-2-5-10(13)8-9/h2,4-5,8,11H,3,6-7,14H2,1H3. The molecule has 1 aromatic carbocycles. The van der Waals surface area contributed by atoms with Crippen molar-refractivity contribution in [1.82, 2.24) is 0 Å². The average Bonchev–Trinajstić information content (AvgIpc) is 2.28. The number of hydrogen-bond acceptors (Lipinski definition) is 3. The monoisotopic (exact) mass is 241 g/mol. The van der Waals surface area contributed by atoms with E-state index in [4.69, 9.17) is 22.1 Å². The van der Waals surface area contributed by atoms with E-state index in [1.165, 1.54) is 0 Å². The topological polar surface area (TPSA) is 52.3 Å². The van der Waals surface area contributed by atoms with E-state index in [0.29, 0.717) is 23.6 Å². The molecule has 0 radical (unpaired) electrons. The van der Waals surface area contributed by atoms with E-state index >= 15 is 0 Å². The number of methoxy groups -OCH3 is 1. The van der Waals surface area contributed by atoms with Gasteiger partial charge in [0.1, 0.15) is 0 Å². The number of nitrogens with two attached hydrogens (primary N) is 1. The van der Waals surface area contributed by atoms with Gasteiger partial charge in [-0.1, -0.05) is 23.7 Å². The molecule has 16 heavy (non-hydrogen) atoms. The summed E-state index contributed by atoms with van der Waals surface area (Å²) >= 11 is 5.81. The highest BCUT2D eigenvalue weighted by atomic mass is 35.5. The number of carbonyl (C=O) groups is 1. The van der Waals surface area contributed by atoms with Crippen LogP contribution < -0.4 is 5.73 Å². The minimum absolute atomic E-state index is 0.0707. The van der Waals surface area contributed by atoms with Crippen molar-refractivity contribution in [3.05, 3.63) is 34.9 Å². The van der Waals surface area contributed by atoms with Crippen LogP contribution >= 0.6 is 11.6 Å². The van der Waals surface area contributed by atoms with Gasteiger partial charge in [0.2, 0.25) is 0 Å². The Morgan fingerprint density at radius 2 is 2.31 bits per heavy atom. The van der Waals surface area contributed by atoms with E-state index in [9.17, 15) is 4.79 Å². The van der Waals surface area contributed by atoms with Crippen LogP contribution in [0.1, 0.15) is 23.2 Å². The number of carbonyl (C=O) groups excluding carboxylic acids is 1. The van der Waals surface area contributed by atoms with Gasteiger partial charge in [0.05, 0.1) is 6.04 Å². The Balaban J connectivity index is 2.56. The Morgan fingerprint density at radius 1 is 1.56 bits per heavy atom. The lowest BCUT2D eigenvalue weighted by molar-refractivity contribution is 0.0950. The molecule has 1 atom stereocenters. The molecule has 0 saturated carbocycles. The molecule has 4 heteroatoms. The highest BCUT2D eigenvalue weighted by molar-refractivity contribution is 6.31. The van der Waals surface area contributed by atoms with Crippen LogP contribution in [0.15, 0.2) is 24.3 Å². The Bertz CT molecular complexity index is 355. The predicted molar refractivity (Wildman–Crippen MR) is 64.9 cm³/mol. The van der Waals surface area contributed by atoms with Crippen molar-refractivity contribution in [3.8, 4) is 0 Å². The molecule has 0 aliphatic heterocycles. The van der Waals surface area contributed by atoms with Gasteiger partial charge in [-0.25, -0.2) is 0 Å². The normalized spacial score (nSPS) is 12.4. The summed E-state index contributed by atoms with van der Waals surface area (Å²) in [4.78, 5) is 11.9. The van der Waals surface area contributed by atoms with Crippen LogP contribution in [0, 0.1) is 0 Å². The summed E-state index contributed by atoms with van der Waals surface area (Å²) in [5.41, 5.74) is 6.36. The third kappa shape index (κ3) is 3.93. The summed E-state index contributed by atoms with van der Waals surface area (Å²) in [5, 5.41) is 0.551. The van der Waals surface area contributed by atoms with Crippen molar-refractivity contribution in [2.75, 3.05) is 13.7 Å². The third-order valence-electron chi connectivity index (χ3n) is 2.31. The number of hydrogen-bond donors (Lipinski definition) is 1. The fraction of sp³-hybridized carbons (Fsp3) is 0.417. The molecule has 0 heterocycles. The van der Waals surface area contributed by atoms with Crippen molar-refractivity contribution < 1.29 is 9.53 Å². The molecule has 1 aromatic rings. The molecule has 0 saturated heterocycles. The van der Waals surface area contributed by atoms with Crippen molar-refractivity contribution in [2.24, 2.45) is 5.73 Å². The van der Waals surface area contributed by atoms with E-state index in [0.717, 1.165) is 6.42 Å². The van der Waals surface area contributed by atoms with Crippen LogP contribution in [0.2, 0.25) is 5.02 Å². The van der Waals surface area contributed by atoms with E-state index < -0.39 is 6.04 Å². The average molecular weight is 242 g/mol. The second-order valence-electron chi connectivity index (χ2n) is 3.62.